The number of rotatable bonds is 5. The summed E-state index contributed by atoms with van der Waals surface area (Å²) in [6.07, 6.45) is 0.0630. The molecule has 1 aliphatic heterocycles. The predicted octanol–water partition coefficient (Wildman–Crippen LogP) is 1.40. The number of carboxylic acids is 1. The second-order valence-corrected chi connectivity index (χ2v) is 4.87. The maximum absolute atomic E-state index is 12.5. The van der Waals surface area contributed by atoms with Gasteiger partial charge in [-0.1, -0.05) is 6.07 Å². The SMILES string of the molecule is CCOc1cccc(C(=O)N2CC(OC)CC2C(=O)O)c1. The number of ether oxygens (including phenoxy) is 2. The maximum Gasteiger partial charge on any atom is 0.326 e. The van der Waals surface area contributed by atoms with Crippen molar-refractivity contribution < 1.29 is 24.2 Å². The summed E-state index contributed by atoms with van der Waals surface area (Å²) < 4.78 is 10.6. The summed E-state index contributed by atoms with van der Waals surface area (Å²) in [5.41, 5.74) is 0.420. The van der Waals surface area contributed by atoms with E-state index in [0.29, 0.717) is 24.3 Å². The predicted molar refractivity (Wildman–Crippen MR) is 75.5 cm³/mol. The molecule has 1 heterocycles. The largest absolute Gasteiger partial charge is 0.494 e. The molecule has 2 rings (SSSR count). The molecule has 6 nitrogen and oxygen atoms in total. The number of nitrogens with zero attached hydrogens (tertiary/aromatic N) is 1. The van der Waals surface area contributed by atoms with Gasteiger partial charge in [0.2, 0.25) is 0 Å². The lowest BCUT2D eigenvalue weighted by Gasteiger charge is -2.21. The van der Waals surface area contributed by atoms with E-state index in [0.717, 1.165) is 0 Å². The number of carbonyl (C=O) groups is 2. The minimum absolute atomic E-state index is 0.245. The van der Waals surface area contributed by atoms with Crippen molar-refractivity contribution in [1.82, 2.24) is 4.90 Å². The second-order valence-electron chi connectivity index (χ2n) is 4.87. The highest BCUT2D eigenvalue weighted by Crippen LogP contribution is 2.24. The molecule has 1 aromatic carbocycles. The second kappa shape index (κ2) is 6.58. The van der Waals surface area contributed by atoms with Gasteiger partial charge < -0.3 is 19.5 Å². The zero-order valence-corrected chi connectivity index (χ0v) is 12.1. The third kappa shape index (κ3) is 3.33. The van der Waals surface area contributed by atoms with E-state index in [2.05, 4.69) is 0 Å². The Morgan fingerprint density at radius 3 is 2.81 bits per heavy atom. The summed E-state index contributed by atoms with van der Waals surface area (Å²) in [6.45, 7) is 2.65. The van der Waals surface area contributed by atoms with Gasteiger partial charge in [-0.2, -0.15) is 0 Å². The molecule has 1 aromatic rings. The summed E-state index contributed by atoms with van der Waals surface area (Å²) in [5, 5.41) is 9.26. The van der Waals surface area contributed by atoms with E-state index >= 15 is 0 Å². The van der Waals surface area contributed by atoms with E-state index in [-0.39, 0.29) is 18.6 Å². The quantitative estimate of drug-likeness (QED) is 0.888. The lowest BCUT2D eigenvalue weighted by atomic mass is 10.1. The molecule has 0 aromatic heterocycles. The number of carboxylic acid groups (broad SMARTS) is 1. The molecule has 0 spiro atoms. The highest BCUT2D eigenvalue weighted by Gasteiger charge is 2.40. The summed E-state index contributed by atoms with van der Waals surface area (Å²) in [5.74, 6) is -0.731. The van der Waals surface area contributed by atoms with Crippen LogP contribution in [-0.4, -0.2) is 54.3 Å². The fourth-order valence-corrected chi connectivity index (χ4v) is 2.48. The Kier molecular flexibility index (Phi) is 4.80. The molecule has 1 saturated heterocycles. The van der Waals surface area contributed by atoms with Crippen LogP contribution in [0.25, 0.3) is 0 Å². The van der Waals surface area contributed by atoms with Crippen molar-refractivity contribution >= 4 is 11.9 Å². The van der Waals surface area contributed by atoms with Gasteiger partial charge in [0.05, 0.1) is 12.7 Å². The van der Waals surface area contributed by atoms with E-state index in [1.54, 1.807) is 24.3 Å². The lowest BCUT2D eigenvalue weighted by molar-refractivity contribution is -0.141. The van der Waals surface area contributed by atoms with Crippen molar-refractivity contribution in [3.8, 4) is 5.75 Å². The Labute approximate surface area is 123 Å². The van der Waals surface area contributed by atoms with Crippen LogP contribution in [0.1, 0.15) is 23.7 Å². The Hall–Kier alpha value is -2.08. The van der Waals surface area contributed by atoms with E-state index in [1.807, 2.05) is 6.92 Å². The topological polar surface area (TPSA) is 76.1 Å². The first-order chi connectivity index (χ1) is 10.1. The molecule has 0 aliphatic carbocycles. The number of hydrogen-bond acceptors (Lipinski definition) is 4. The third-order valence-electron chi connectivity index (χ3n) is 3.53. The van der Waals surface area contributed by atoms with E-state index < -0.39 is 12.0 Å². The minimum atomic E-state index is -1.01. The minimum Gasteiger partial charge on any atom is -0.494 e. The van der Waals surface area contributed by atoms with Crippen LogP contribution in [0.2, 0.25) is 0 Å². The van der Waals surface area contributed by atoms with Crippen molar-refractivity contribution in [2.24, 2.45) is 0 Å². The molecule has 1 aliphatic rings. The van der Waals surface area contributed by atoms with Crippen LogP contribution in [0.15, 0.2) is 24.3 Å². The molecule has 1 N–H and O–H groups in total. The number of methoxy groups -OCH3 is 1. The van der Waals surface area contributed by atoms with E-state index in [4.69, 9.17) is 9.47 Å². The van der Waals surface area contributed by atoms with Crippen molar-refractivity contribution in [2.45, 2.75) is 25.5 Å². The molecule has 0 radical (unpaired) electrons. The molecule has 6 heteroatoms. The van der Waals surface area contributed by atoms with E-state index in [1.165, 1.54) is 12.0 Å². The highest BCUT2D eigenvalue weighted by molar-refractivity contribution is 5.97. The third-order valence-corrected chi connectivity index (χ3v) is 3.53. The summed E-state index contributed by atoms with van der Waals surface area (Å²) >= 11 is 0. The van der Waals surface area contributed by atoms with Gasteiger partial charge in [-0.25, -0.2) is 4.79 Å². The Balaban J connectivity index is 2.21. The maximum atomic E-state index is 12.5. The first kappa shape index (κ1) is 15.3. The zero-order valence-electron chi connectivity index (χ0n) is 12.1. The molecule has 2 unspecified atom stereocenters. The number of amides is 1. The fourth-order valence-electron chi connectivity index (χ4n) is 2.48. The van der Waals surface area contributed by atoms with Gasteiger partial charge >= 0.3 is 5.97 Å². The Morgan fingerprint density at radius 1 is 1.43 bits per heavy atom. The molecule has 1 fully saturated rings. The van der Waals surface area contributed by atoms with Crippen molar-refractivity contribution in [1.29, 1.82) is 0 Å². The number of hydrogen-bond donors (Lipinski definition) is 1. The van der Waals surface area contributed by atoms with Gasteiger partial charge in [-0.15, -0.1) is 0 Å². The van der Waals surface area contributed by atoms with Gasteiger partial charge in [0, 0.05) is 25.6 Å². The standard InChI is InChI=1S/C15H19NO5/c1-3-21-11-6-4-5-10(7-11)14(17)16-9-12(20-2)8-13(16)15(18)19/h4-7,12-13H,3,8-9H2,1-2H3,(H,18,19). The Morgan fingerprint density at radius 2 is 2.19 bits per heavy atom. The van der Waals surface area contributed by atoms with Gasteiger partial charge in [0.15, 0.2) is 0 Å². The van der Waals surface area contributed by atoms with Gasteiger partial charge in [0.1, 0.15) is 11.8 Å². The first-order valence-electron chi connectivity index (χ1n) is 6.86. The normalized spacial score (nSPS) is 21.3. The monoisotopic (exact) mass is 293 g/mol. The molecule has 21 heavy (non-hydrogen) atoms. The number of benzene rings is 1. The van der Waals surface area contributed by atoms with Gasteiger partial charge in [-0.05, 0) is 25.1 Å². The molecular weight excluding hydrogens is 274 g/mol. The lowest BCUT2D eigenvalue weighted by Crippen LogP contribution is -2.40. The summed E-state index contributed by atoms with van der Waals surface area (Å²) in [4.78, 5) is 25.2. The first-order valence-corrected chi connectivity index (χ1v) is 6.86. The molecule has 1 amide bonds. The average Bonchev–Trinajstić information content (AvgIpc) is 2.91. The molecule has 2 atom stereocenters. The van der Waals surface area contributed by atoms with Crippen LogP contribution < -0.4 is 4.74 Å². The van der Waals surface area contributed by atoms with Crippen LogP contribution >= 0.6 is 0 Å². The number of aliphatic carboxylic acids is 1. The van der Waals surface area contributed by atoms with Crippen LogP contribution in [-0.2, 0) is 9.53 Å². The smallest absolute Gasteiger partial charge is 0.326 e. The molecule has 0 bridgehead atoms. The van der Waals surface area contributed by atoms with Gasteiger partial charge in [-0.3, -0.25) is 4.79 Å². The fraction of sp³-hybridized carbons (Fsp3) is 0.467. The van der Waals surface area contributed by atoms with Crippen molar-refractivity contribution in [3.63, 3.8) is 0 Å². The number of carbonyl (C=O) groups excluding carboxylic acids is 1. The molecular formula is C15H19NO5. The van der Waals surface area contributed by atoms with E-state index in [9.17, 15) is 14.7 Å². The zero-order chi connectivity index (χ0) is 15.4. The van der Waals surface area contributed by atoms with Crippen LogP contribution in [0, 0.1) is 0 Å². The summed E-state index contributed by atoms with van der Waals surface area (Å²) in [7, 11) is 1.52. The molecule has 114 valence electrons. The Bertz CT molecular complexity index is 531. The van der Waals surface area contributed by atoms with Crippen molar-refractivity contribution in [2.75, 3.05) is 20.3 Å². The highest BCUT2D eigenvalue weighted by atomic mass is 16.5. The average molecular weight is 293 g/mol. The van der Waals surface area contributed by atoms with Crippen molar-refractivity contribution in [3.05, 3.63) is 29.8 Å². The van der Waals surface area contributed by atoms with Crippen LogP contribution in [0.4, 0.5) is 0 Å². The van der Waals surface area contributed by atoms with Gasteiger partial charge in [0.25, 0.3) is 5.91 Å². The van der Waals surface area contributed by atoms with Crippen LogP contribution in [0.5, 0.6) is 5.75 Å². The van der Waals surface area contributed by atoms with Crippen LogP contribution in [0.3, 0.4) is 0 Å². The summed E-state index contributed by atoms with van der Waals surface area (Å²) in [6, 6.07) is 5.92. The number of likely N-dealkylation sites (tertiary alicyclic amines) is 1. The molecule has 0 saturated carbocycles.